The first kappa shape index (κ1) is 18.0. The van der Waals surface area contributed by atoms with E-state index < -0.39 is 5.54 Å². The van der Waals surface area contributed by atoms with Crippen LogP contribution in [0, 0.1) is 5.92 Å². The van der Waals surface area contributed by atoms with Gasteiger partial charge in [-0.05, 0) is 43.0 Å². The molecule has 6 nitrogen and oxygen atoms in total. The number of amidine groups is 1. The van der Waals surface area contributed by atoms with E-state index in [1.165, 1.54) is 32.1 Å². The number of aliphatic imine (C=N–C) groups is 1. The molecule has 0 unspecified atom stereocenters. The third-order valence-electron chi connectivity index (χ3n) is 6.25. The standard InChI is InChI=1S/C23H25N3O3/c24-22-26-23(14-28-22)17-8-4-5-9-19(17)29-20-11-10-16(12-18(20)23)21(27)25-13-15-6-2-1-3-7-15/h4-5,8-12,15H,1-3,6-7,13-14H2,(H2,24,26)(H,25,27)/t23-/m1/s1. The van der Waals surface area contributed by atoms with Gasteiger partial charge in [-0.1, -0.05) is 37.5 Å². The Morgan fingerprint density at radius 2 is 1.90 bits per heavy atom. The van der Waals surface area contributed by atoms with Crippen LogP contribution in [0.25, 0.3) is 0 Å². The van der Waals surface area contributed by atoms with Crippen LogP contribution in [0.3, 0.4) is 0 Å². The fourth-order valence-corrected chi connectivity index (χ4v) is 4.68. The molecule has 150 valence electrons. The highest BCUT2D eigenvalue weighted by atomic mass is 16.5. The van der Waals surface area contributed by atoms with Gasteiger partial charge in [-0.25, -0.2) is 4.99 Å². The number of fused-ring (bicyclic) bond motifs is 4. The number of nitrogens with zero attached hydrogens (tertiary/aromatic N) is 1. The highest BCUT2D eigenvalue weighted by Crippen LogP contribution is 2.50. The summed E-state index contributed by atoms with van der Waals surface area (Å²) in [5, 5.41) is 3.11. The van der Waals surface area contributed by atoms with Crippen molar-refractivity contribution < 1.29 is 14.3 Å². The van der Waals surface area contributed by atoms with Crippen molar-refractivity contribution in [2.45, 2.75) is 37.6 Å². The molecule has 1 atom stereocenters. The number of ether oxygens (including phenoxy) is 2. The minimum atomic E-state index is -0.784. The second kappa shape index (κ2) is 7.10. The van der Waals surface area contributed by atoms with E-state index in [9.17, 15) is 4.79 Å². The number of hydrogen-bond donors (Lipinski definition) is 2. The van der Waals surface area contributed by atoms with E-state index >= 15 is 0 Å². The van der Waals surface area contributed by atoms with Gasteiger partial charge in [-0.3, -0.25) is 4.79 Å². The fourth-order valence-electron chi connectivity index (χ4n) is 4.68. The number of carbonyl (C=O) groups is 1. The van der Waals surface area contributed by atoms with Crippen LogP contribution in [0.15, 0.2) is 47.5 Å². The van der Waals surface area contributed by atoms with Crippen LogP contribution in [0.4, 0.5) is 0 Å². The lowest BCUT2D eigenvalue weighted by Crippen LogP contribution is -2.33. The van der Waals surface area contributed by atoms with E-state index in [-0.39, 0.29) is 11.9 Å². The number of para-hydroxylation sites is 1. The molecule has 1 fully saturated rings. The Bertz CT molecular complexity index is 981. The molecule has 2 aromatic rings. The summed E-state index contributed by atoms with van der Waals surface area (Å²) in [6.07, 6.45) is 6.23. The number of nitrogens with two attached hydrogens (primary N) is 1. The Labute approximate surface area is 170 Å². The summed E-state index contributed by atoms with van der Waals surface area (Å²) >= 11 is 0. The van der Waals surface area contributed by atoms with E-state index in [1.807, 2.05) is 36.4 Å². The lowest BCUT2D eigenvalue weighted by molar-refractivity contribution is 0.0943. The summed E-state index contributed by atoms with van der Waals surface area (Å²) in [6, 6.07) is 13.4. The van der Waals surface area contributed by atoms with Gasteiger partial charge in [0.05, 0.1) is 0 Å². The van der Waals surface area contributed by atoms with Crippen molar-refractivity contribution in [1.82, 2.24) is 5.32 Å². The van der Waals surface area contributed by atoms with Crippen molar-refractivity contribution in [3.05, 3.63) is 59.2 Å². The summed E-state index contributed by atoms with van der Waals surface area (Å²) in [6.45, 7) is 1.02. The third-order valence-corrected chi connectivity index (χ3v) is 6.25. The molecule has 1 spiro atoms. The maximum Gasteiger partial charge on any atom is 0.283 e. The lowest BCUT2D eigenvalue weighted by atomic mass is 9.81. The van der Waals surface area contributed by atoms with Crippen LogP contribution in [0.5, 0.6) is 11.5 Å². The molecule has 29 heavy (non-hydrogen) atoms. The molecule has 1 saturated carbocycles. The van der Waals surface area contributed by atoms with Gasteiger partial charge >= 0.3 is 0 Å². The number of carbonyl (C=O) groups excluding carboxylic acids is 1. The van der Waals surface area contributed by atoms with E-state index in [4.69, 9.17) is 15.2 Å². The molecule has 3 N–H and O–H groups in total. The Morgan fingerprint density at radius 3 is 2.69 bits per heavy atom. The number of rotatable bonds is 3. The molecule has 5 rings (SSSR count). The zero-order valence-corrected chi connectivity index (χ0v) is 16.3. The van der Waals surface area contributed by atoms with Crippen molar-refractivity contribution in [3.63, 3.8) is 0 Å². The van der Waals surface area contributed by atoms with Crippen LogP contribution >= 0.6 is 0 Å². The maximum absolute atomic E-state index is 12.8. The highest BCUT2D eigenvalue weighted by Gasteiger charge is 2.47. The number of hydrogen-bond acceptors (Lipinski definition) is 5. The molecule has 2 aromatic carbocycles. The van der Waals surface area contributed by atoms with Gasteiger partial charge in [0.1, 0.15) is 18.1 Å². The maximum atomic E-state index is 12.8. The second-order valence-corrected chi connectivity index (χ2v) is 8.12. The summed E-state index contributed by atoms with van der Waals surface area (Å²) in [7, 11) is 0. The molecular weight excluding hydrogens is 366 g/mol. The number of nitrogens with one attached hydrogen (secondary N) is 1. The summed E-state index contributed by atoms with van der Waals surface area (Å²) in [4.78, 5) is 17.5. The summed E-state index contributed by atoms with van der Waals surface area (Å²) in [5.41, 5.74) is 7.41. The zero-order chi connectivity index (χ0) is 19.8. The van der Waals surface area contributed by atoms with Crippen LogP contribution in [0.1, 0.15) is 53.6 Å². The monoisotopic (exact) mass is 391 g/mol. The van der Waals surface area contributed by atoms with Gasteiger partial charge in [0.2, 0.25) is 0 Å². The number of benzene rings is 2. The first-order valence-electron chi connectivity index (χ1n) is 10.3. The van der Waals surface area contributed by atoms with Crippen molar-refractivity contribution >= 4 is 11.9 Å². The van der Waals surface area contributed by atoms with Gasteiger partial charge in [0, 0.05) is 23.2 Å². The second-order valence-electron chi connectivity index (χ2n) is 8.12. The zero-order valence-electron chi connectivity index (χ0n) is 16.3. The molecule has 2 heterocycles. The topological polar surface area (TPSA) is 85.9 Å². The van der Waals surface area contributed by atoms with Crippen molar-refractivity contribution in [2.24, 2.45) is 16.6 Å². The molecule has 6 heteroatoms. The van der Waals surface area contributed by atoms with Crippen LogP contribution in [0.2, 0.25) is 0 Å². The Kier molecular flexibility index (Phi) is 4.42. The lowest BCUT2D eigenvalue weighted by Gasteiger charge is -2.33. The molecule has 2 aliphatic heterocycles. The van der Waals surface area contributed by atoms with E-state index in [2.05, 4.69) is 10.3 Å². The molecule has 0 aromatic heterocycles. The molecule has 3 aliphatic rings. The minimum Gasteiger partial charge on any atom is -0.462 e. The minimum absolute atomic E-state index is 0.0664. The first-order chi connectivity index (χ1) is 14.2. The Morgan fingerprint density at radius 1 is 1.10 bits per heavy atom. The highest BCUT2D eigenvalue weighted by molar-refractivity contribution is 5.95. The van der Waals surface area contributed by atoms with E-state index in [0.717, 1.165) is 23.4 Å². The fraction of sp³-hybridized carbons (Fsp3) is 0.391. The summed E-state index contributed by atoms with van der Waals surface area (Å²) in [5.74, 6) is 1.92. The van der Waals surface area contributed by atoms with Crippen molar-refractivity contribution in [2.75, 3.05) is 13.2 Å². The Balaban J connectivity index is 1.46. The SMILES string of the molecule is NC1=N[C@]2(CO1)c1ccccc1Oc1ccc(C(=O)NCC3CCCCC3)cc12. The van der Waals surface area contributed by atoms with E-state index in [0.29, 0.717) is 23.8 Å². The average molecular weight is 391 g/mol. The predicted molar refractivity (Wildman–Crippen MR) is 110 cm³/mol. The third kappa shape index (κ3) is 3.12. The largest absolute Gasteiger partial charge is 0.462 e. The summed E-state index contributed by atoms with van der Waals surface area (Å²) < 4.78 is 11.7. The van der Waals surface area contributed by atoms with Gasteiger partial charge in [-0.2, -0.15) is 0 Å². The van der Waals surface area contributed by atoms with Crippen molar-refractivity contribution in [3.8, 4) is 11.5 Å². The van der Waals surface area contributed by atoms with Gasteiger partial charge in [-0.15, -0.1) is 0 Å². The first-order valence-corrected chi connectivity index (χ1v) is 10.3. The normalized spacial score (nSPS) is 22.8. The van der Waals surface area contributed by atoms with Crippen LogP contribution in [-0.2, 0) is 10.3 Å². The molecule has 1 amide bonds. The van der Waals surface area contributed by atoms with Crippen molar-refractivity contribution in [1.29, 1.82) is 0 Å². The predicted octanol–water partition coefficient (Wildman–Crippen LogP) is 3.69. The molecule has 1 aliphatic carbocycles. The van der Waals surface area contributed by atoms with Crippen LogP contribution in [-0.4, -0.2) is 25.1 Å². The Hall–Kier alpha value is -3.02. The molecule has 0 bridgehead atoms. The molecule has 0 radical (unpaired) electrons. The van der Waals surface area contributed by atoms with Gasteiger partial charge in [0.25, 0.3) is 11.9 Å². The van der Waals surface area contributed by atoms with E-state index in [1.54, 1.807) is 6.07 Å². The smallest absolute Gasteiger partial charge is 0.283 e. The quantitative estimate of drug-likeness (QED) is 0.836. The van der Waals surface area contributed by atoms with Gasteiger partial charge < -0.3 is 20.5 Å². The number of amides is 1. The average Bonchev–Trinajstić information content (AvgIpc) is 3.15. The molecular formula is C23H25N3O3. The molecule has 0 saturated heterocycles. The van der Waals surface area contributed by atoms with Gasteiger partial charge in [0.15, 0.2) is 5.54 Å². The van der Waals surface area contributed by atoms with Crippen LogP contribution < -0.4 is 15.8 Å².